The highest BCUT2D eigenvalue weighted by atomic mass is 31.2. The van der Waals surface area contributed by atoms with Crippen molar-refractivity contribution < 1.29 is 18.9 Å². The Morgan fingerprint density at radius 2 is 1.83 bits per heavy atom. The number of carbonyl (C=O) groups is 1. The second-order valence-corrected chi connectivity index (χ2v) is 6.06. The quantitative estimate of drug-likeness (QED) is 0.829. The van der Waals surface area contributed by atoms with Gasteiger partial charge in [0.25, 0.3) is 0 Å². The van der Waals surface area contributed by atoms with E-state index in [9.17, 15) is 9.69 Å². The lowest BCUT2D eigenvalue weighted by molar-refractivity contribution is 0.0636. The number of ether oxygens (including phenoxy) is 1. The van der Waals surface area contributed by atoms with Crippen LogP contribution in [0.4, 0.5) is 10.5 Å². The number of carbonyl (C=O) groups excluding carboxylic acids is 1. The fourth-order valence-corrected chi connectivity index (χ4v) is 1.81. The van der Waals surface area contributed by atoms with Crippen molar-refractivity contribution in [3.8, 4) is 0 Å². The molecule has 0 fully saturated rings. The Bertz CT molecular complexity index is 400. The number of hydrogen-bond donors (Lipinski definition) is 2. The van der Waals surface area contributed by atoms with Gasteiger partial charge >= 0.3 is 6.09 Å². The van der Waals surface area contributed by atoms with Crippen LogP contribution >= 0.6 is 8.38 Å². The standard InChI is InChI=1S/C12H18NO4P/c1-12(2,3)17-11(14)13-9-5-7-10(8-6-9)18(15)16-4/h5-8,15H,1-4H3,(H,13,14). The maximum absolute atomic E-state index is 11.5. The van der Waals surface area contributed by atoms with E-state index in [1.165, 1.54) is 7.11 Å². The van der Waals surface area contributed by atoms with Crippen LogP contribution in [0.5, 0.6) is 0 Å². The van der Waals surface area contributed by atoms with E-state index < -0.39 is 20.1 Å². The Balaban J connectivity index is 2.61. The monoisotopic (exact) mass is 271 g/mol. The molecular formula is C12H18NO4P. The lowest BCUT2D eigenvalue weighted by Gasteiger charge is -2.19. The van der Waals surface area contributed by atoms with Crippen LogP contribution in [-0.4, -0.2) is 23.7 Å². The molecular weight excluding hydrogens is 253 g/mol. The van der Waals surface area contributed by atoms with Crippen molar-refractivity contribution in [3.63, 3.8) is 0 Å². The molecule has 0 heterocycles. The van der Waals surface area contributed by atoms with Gasteiger partial charge in [-0.3, -0.25) is 5.32 Å². The number of hydrogen-bond acceptors (Lipinski definition) is 4. The van der Waals surface area contributed by atoms with E-state index in [0.29, 0.717) is 11.0 Å². The number of benzene rings is 1. The van der Waals surface area contributed by atoms with Crippen molar-refractivity contribution in [1.82, 2.24) is 0 Å². The zero-order valence-corrected chi connectivity index (χ0v) is 11.8. The molecule has 1 amide bonds. The molecule has 0 saturated carbocycles. The predicted molar refractivity (Wildman–Crippen MR) is 72.1 cm³/mol. The van der Waals surface area contributed by atoms with Gasteiger partial charge in [-0.15, -0.1) is 0 Å². The molecule has 1 atom stereocenters. The van der Waals surface area contributed by atoms with Crippen LogP contribution in [0.3, 0.4) is 0 Å². The Hall–Kier alpha value is -1.16. The highest BCUT2D eigenvalue weighted by molar-refractivity contribution is 7.54. The van der Waals surface area contributed by atoms with Crippen molar-refractivity contribution in [2.75, 3.05) is 12.4 Å². The van der Waals surface area contributed by atoms with Gasteiger partial charge < -0.3 is 14.2 Å². The smallest absolute Gasteiger partial charge is 0.412 e. The van der Waals surface area contributed by atoms with Crippen molar-refractivity contribution >= 4 is 25.5 Å². The third kappa shape index (κ3) is 5.00. The van der Waals surface area contributed by atoms with Gasteiger partial charge in [0.05, 0.1) is 0 Å². The average molecular weight is 271 g/mol. The normalized spacial score (nSPS) is 12.9. The molecule has 0 aliphatic rings. The number of nitrogens with one attached hydrogen (secondary N) is 1. The molecule has 6 heteroatoms. The second-order valence-electron chi connectivity index (χ2n) is 4.63. The summed E-state index contributed by atoms with van der Waals surface area (Å²) < 4.78 is 9.95. The molecule has 0 aromatic heterocycles. The summed E-state index contributed by atoms with van der Waals surface area (Å²) in [4.78, 5) is 21.0. The summed E-state index contributed by atoms with van der Waals surface area (Å²) in [7, 11) is -0.129. The lowest BCUT2D eigenvalue weighted by Crippen LogP contribution is -2.27. The molecule has 1 rings (SSSR count). The molecule has 0 radical (unpaired) electrons. The zero-order chi connectivity index (χ0) is 13.8. The van der Waals surface area contributed by atoms with Crippen molar-refractivity contribution in [3.05, 3.63) is 24.3 Å². The van der Waals surface area contributed by atoms with E-state index in [4.69, 9.17) is 9.26 Å². The van der Waals surface area contributed by atoms with Crippen LogP contribution in [0, 0.1) is 0 Å². The Kier molecular flexibility index (Phi) is 5.08. The molecule has 0 spiro atoms. The Labute approximate surface area is 108 Å². The molecule has 5 nitrogen and oxygen atoms in total. The Morgan fingerprint density at radius 3 is 2.28 bits per heavy atom. The van der Waals surface area contributed by atoms with Crippen molar-refractivity contribution in [2.24, 2.45) is 0 Å². The third-order valence-corrected chi connectivity index (χ3v) is 2.99. The molecule has 1 unspecified atom stereocenters. The largest absolute Gasteiger partial charge is 0.444 e. The van der Waals surface area contributed by atoms with Gasteiger partial charge in [-0.05, 0) is 45.0 Å². The van der Waals surface area contributed by atoms with Gasteiger partial charge in [-0.2, -0.15) is 0 Å². The van der Waals surface area contributed by atoms with Crippen LogP contribution in [-0.2, 0) is 9.26 Å². The van der Waals surface area contributed by atoms with Crippen LogP contribution in [0.15, 0.2) is 24.3 Å². The van der Waals surface area contributed by atoms with Gasteiger partial charge in [-0.1, -0.05) is 0 Å². The first kappa shape index (κ1) is 14.9. The van der Waals surface area contributed by atoms with Crippen LogP contribution in [0.2, 0.25) is 0 Å². The van der Waals surface area contributed by atoms with Gasteiger partial charge in [0.2, 0.25) is 8.38 Å². The highest BCUT2D eigenvalue weighted by Gasteiger charge is 2.16. The zero-order valence-electron chi connectivity index (χ0n) is 10.9. The molecule has 1 aromatic carbocycles. The fraction of sp³-hybridized carbons (Fsp3) is 0.417. The van der Waals surface area contributed by atoms with E-state index in [1.807, 2.05) is 0 Å². The topological polar surface area (TPSA) is 67.8 Å². The van der Waals surface area contributed by atoms with Crippen LogP contribution < -0.4 is 10.6 Å². The number of anilines is 1. The third-order valence-electron chi connectivity index (χ3n) is 1.91. The first-order valence-corrected chi connectivity index (χ1v) is 6.66. The highest BCUT2D eigenvalue weighted by Crippen LogP contribution is 2.28. The predicted octanol–water partition coefficient (Wildman–Crippen LogP) is 2.61. The van der Waals surface area contributed by atoms with Gasteiger partial charge in [0.15, 0.2) is 0 Å². The summed E-state index contributed by atoms with van der Waals surface area (Å²) >= 11 is 0. The SMILES string of the molecule is COP(O)c1ccc(NC(=O)OC(C)(C)C)cc1. The molecule has 0 aliphatic heterocycles. The number of rotatable bonds is 3. The first-order valence-electron chi connectivity index (χ1n) is 5.45. The van der Waals surface area contributed by atoms with Crippen LogP contribution in [0.1, 0.15) is 20.8 Å². The Morgan fingerprint density at radius 1 is 1.28 bits per heavy atom. The molecule has 0 saturated heterocycles. The summed E-state index contributed by atoms with van der Waals surface area (Å²) in [5.74, 6) is 0. The van der Waals surface area contributed by atoms with E-state index in [-0.39, 0.29) is 0 Å². The summed E-state index contributed by atoms with van der Waals surface area (Å²) in [5, 5.41) is 3.29. The van der Waals surface area contributed by atoms with Gasteiger partial charge in [0, 0.05) is 18.1 Å². The van der Waals surface area contributed by atoms with E-state index in [1.54, 1.807) is 45.0 Å². The summed E-state index contributed by atoms with van der Waals surface area (Å²) in [5.41, 5.74) is 0.0759. The maximum atomic E-state index is 11.5. The van der Waals surface area contributed by atoms with E-state index in [2.05, 4.69) is 5.32 Å². The van der Waals surface area contributed by atoms with Gasteiger partial charge in [0.1, 0.15) is 5.60 Å². The molecule has 100 valence electrons. The average Bonchev–Trinajstić information content (AvgIpc) is 2.26. The van der Waals surface area contributed by atoms with Gasteiger partial charge in [-0.25, -0.2) is 4.79 Å². The van der Waals surface area contributed by atoms with Crippen molar-refractivity contribution in [1.29, 1.82) is 0 Å². The number of amides is 1. The van der Waals surface area contributed by atoms with Crippen LogP contribution in [0.25, 0.3) is 0 Å². The lowest BCUT2D eigenvalue weighted by atomic mass is 10.2. The van der Waals surface area contributed by atoms with E-state index in [0.717, 1.165) is 0 Å². The fourth-order valence-electron chi connectivity index (χ4n) is 1.20. The van der Waals surface area contributed by atoms with E-state index >= 15 is 0 Å². The summed E-state index contributed by atoms with van der Waals surface area (Å²) in [6, 6.07) is 6.76. The van der Waals surface area contributed by atoms with Crippen molar-refractivity contribution in [2.45, 2.75) is 26.4 Å². The molecule has 18 heavy (non-hydrogen) atoms. The second kappa shape index (κ2) is 6.14. The molecule has 0 bridgehead atoms. The maximum Gasteiger partial charge on any atom is 0.412 e. The minimum absolute atomic E-state index is 0.506. The molecule has 0 aliphatic carbocycles. The summed E-state index contributed by atoms with van der Waals surface area (Å²) in [6.07, 6.45) is -0.506. The molecule has 1 aromatic rings. The first-order chi connectivity index (χ1) is 8.31. The minimum atomic E-state index is -1.57. The molecule has 2 N–H and O–H groups in total. The summed E-state index contributed by atoms with van der Waals surface area (Å²) in [6.45, 7) is 5.40. The minimum Gasteiger partial charge on any atom is -0.444 e.